The number of rotatable bonds is 12. The van der Waals surface area contributed by atoms with E-state index in [1.807, 2.05) is 52.0 Å². The molecule has 192 valence electrons. The molecule has 2 amide bonds. The Hall–Kier alpha value is -2.58. The van der Waals surface area contributed by atoms with E-state index in [0.717, 1.165) is 16.7 Å². The van der Waals surface area contributed by atoms with Gasteiger partial charge in [-0.15, -0.1) is 0 Å². The van der Waals surface area contributed by atoms with Crippen LogP contribution in [0.3, 0.4) is 0 Å². The summed E-state index contributed by atoms with van der Waals surface area (Å²) in [6, 6.07) is 12.1. The molecule has 2 aromatic rings. The number of likely N-dealkylation sites (N-methyl/N-ethyl adjacent to an activating group) is 1. The van der Waals surface area contributed by atoms with Gasteiger partial charge >= 0.3 is 0 Å². The minimum atomic E-state index is -3.54. The molecule has 0 aliphatic heterocycles. The van der Waals surface area contributed by atoms with Gasteiger partial charge in [-0.05, 0) is 68.5 Å². The van der Waals surface area contributed by atoms with Gasteiger partial charge in [0, 0.05) is 31.1 Å². The Bertz CT molecular complexity index is 1120. The summed E-state index contributed by atoms with van der Waals surface area (Å²) in [5.41, 5.74) is 3.36. The van der Waals surface area contributed by atoms with E-state index in [4.69, 9.17) is 11.6 Å². The third-order valence-electron chi connectivity index (χ3n) is 6.00. The van der Waals surface area contributed by atoms with Crippen molar-refractivity contribution in [3.8, 4) is 0 Å². The smallest absolute Gasteiger partial charge is 0.242 e. The van der Waals surface area contributed by atoms with Gasteiger partial charge < -0.3 is 10.2 Å². The van der Waals surface area contributed by atoms with Crippen LogP contribution in [-0.2, 0) is 26.2 Å². The fraction of sp³-hybridized carbons (Fsp3) is 0.462. The van der Waals surface area contributed by atoms with Gasteiger partial charge in [-0.3, -0.25) is 13.9 Å². The molecule has 7 nitrogen and oxygen atoms in total. The van der Waals surface area contributed by atoms with Crippen LogP contribution in [0.15, 0.2) is 42.5 Å². The summed E-state index contributed by atoms with van der Waals surface area (Å²) in [4.78, 5) is 27.7. The normalized spacial score (nSPS) is 12.2. The molecule has 1 N–H and O–H groups in total. The predicted molar refractivity (Wildman–Crippen MR) is 142 cm³/mol. The number of amides is 2. The Kier molecular flexibility index (Phi) is 10.6. The van der Waals surface area contributed by atoms with Gasteiger partial charge in [0.25, 0.3) is 0 Å². The molecule has 0 aromatic heterocycles. The van der Waals surface area contributed by atoms with Crippen LogP contribution in [0.25, 0.3) is 0 Å². The molecular weight excluding hydrogens is 486 g/mol. The molecule has 0 aliphatic carbocycles. The highest BCUT2D eigenvalue weighted by molar-refractivity contribution is 7.92. The lowest BCUT2D eigenvalue weighted by molar-refractivity contribution is -0.141. The molecule has 0 aliphatic rings. The zero-order chi connectivity index (χ0) is 26.2. The summed E-state index contributed by atoms with van der Waals surface area (Å²) in [6.45, 7) is 8.43. The van der Waals surface area contributed by atoms with Crippen LogP contribution in [0.1, 0.15) is 49.8 Å². The molecule has 0 unspecified atom stereocenters. The summed E-state index contributed by atoms with van der Waals surface area (Å²) < 4.78 is 26.5. The highest BCUT2D eigenvalue weighted by Crippen LogP contribution is 2.25. The summed E-state index contributed by atoms with van der Waals surface area (Å²) in [5, 5.41) is 3.40. The fourth-order valence-corrected chi connectivity index (χ4v) is 5.13. The first-order chi connectivity index (χ1) is 16.5. The predicted octanol–water partition coefficient (Wildman–Crippen LogP) is 4.45. The highest BCUT2D eigenvalue weighted by atomic mass is 35.5. The molecule has 2 rings (SSSR count). The fourth-order valence-electron chi connectivity index (χ4n) is 3.99. The van der Waals surface area contributed by atoms with Gasteiger partial charge in [0.05, 0.1) is 11.9 Å². The molecule has 2 aromatic carbocycles. The van der Waals surface area contributed by atoms with Crippen molar-refractivity contribution in [3.05, 3.63) is 64.2 Å². The summed E-state index contributed by atoms with van der Waals surface area (Å²) >= 11 is 6.00. The third kappa shape index (κ3) is 7.97. The van der Waals surface area contributed by atoms with E-state index in [0.29, 0.717) is 30.1 Å². The Morgan fingerprint density at radius 3 is 2.29 bits per heavy atom. The largest absolute Gasteiger partial charge is 0.355 e. The molecule has 0 heterocycles. The second-order valence-electron chi connectivity index (χ2n) is 8.62. The first kappa shape index (κ1) is 28.7. The zero-order valence-electron chi connectivity index (χ0n) is 21.2. The van der Waals surface area contributed by atoms with E-state index in [9.17, 15) is 18.0 Å². The summed E-state index contributed by atoms with van der Waals surface area (Å²) in [5.74, 6) is -0.405. The van der Waals surface area contributed by atoms with Crippen molar-refractivity contribution >= 4 is 39.1 Å². The number of nitrogens with one attached hydrogen (secondary N) is 1. The number of carbonyl (C=O) groups is 2. The number of sulfonamides is 1. The molecule has 0 saturated carbocycles. The topological polar surface area (TPSA) is 86.8 Å². The van der Waals surface area contributed by atoms with Crippen LogP contribution in [0.5, 0.6) is 0 Å². The minimum absolute atomic E-state index is 0.111. The van der Waals surface area contributed by atoms with Gasteiger partial charge in [-0.2, -0.15) is 0 Å². The second kappa shape index (κ2) is 12.9. The number of hydrogen-bond donors (Lipinski definition) is 1. The van der Waals surface area contributed by atoms with Crippen LogP contribution in [-0.4, -0.2) is 50.5 Å². The number of aryl methyl sites for hydroxylation is 1. The van der Waals surface area contributed by atoms with Gasteiger partial charge in [-0.25, -0.2) is 8.42 Å². The standard InChI is InChI=1S/C26H36ClN3O4S/c1-6-23(26(32)28-7-2)29(18-21-13-15-22(27)16-14-21)25(31)12-9-17-30(35(5,33)34)24-11-8-10-19(3)20(24)4/h8,10-11,13-16,23H,6-7,9,12,17-18H2,1-5H3,(H,28,32)/t23-/m0/s1. The number of benzene rings is 2. The lowest BCUT2D eigenvalue weighted by Gasteiger charge is -2.31. The lowest BCUT2D eigenvalue weighted by atomic mass is 10.1. The number of nitrogens with zero attached hydrogens (tertiary/aromatic N) is 2. The Morgan fingerprint density at radius 1 is 1.06 bits per heavy atom. The average molecular weight is 522 g/mol. The van der Waals surface area contributed by atoms with Crippen molar-refractivity contribution in [2.24, 2.45) is 0 Å². The van der Waals surface area contributed by atoms with Crippen LogP contribution >= 0.6 is 11.6 Å². The number of hydrogen-bond acceptors (Lipinski definition) is 4. The maximum atomic E-state index is 13.4. The van der Waals surface area contributed by atoms with Crippen molar-refractivity contribution in [1.29, 1.82) is 0 Å². The first-order valence-electron chi connectivity index (χ1n) is 11.8. The maximum absolute atomic E-state index is 13.4. The Morgan fingerprint density at radius 2 is 1.71 bits per heavy atom. The molecule has 0 radical (unpaired) electrons. The van der Waals surface area contributed by atoms with E-state index in [-0.39, 0.29) is 31.3 Å². The summed E-state index contributed by atoms with van der Waals surface area (Å²) in [6.07, 6.45) is 2.07. The molecule has 0 spiro atoms. The van der Waals surface area contributed by atoms with Crippen LogP contribution < -0.4 is 9.62 Å². The average Bonchev–Trinajstić information content (AvgIpc) is 2.79. The molecule has 0 bridgehead atoms. The van der Waals surface area contributed by atoms with Gasteiger partial charge in [0.2, 0.25) is 21.8 Å². The third-order valence-corrected chi connectivity index (χ3v) is 7.43. The second-order valence-corrected chi connectivity index (χ2v) is 11.0. The van der Waals surface area contributed by atoms with E-state index in [1.54, 1.807) is 23.1 Å². The first-order valence-corrected chi connectivity index (χ1v) is 14.1. The monoisotopic (exact) mass is 521 g/mol. The van der Waals surface area contributed by atoms with Crippen LogP contribution in [0.2, 0.25) is 5.02 Å². The maximum Gasteiger partial charge on any atom is 0.242 e. The zero-order valence-corrected chi connectivity index (χ0v) is 22.7. The number of anilines is 1. The minimum Gasteiger partial charge on any atom is -0.355 e. The van der Waals surface area contributed by atoms with E-state index >= 15 is 0 Å². The van der Waals surface area contributed by atoms with E-state index < -0.39 is 16.1 Å². The molecule has 35 heavy (non-hydrogen) atoms. The molecular formula is C26H36ClN3O4S. The van der Waals surface area contributed by atoms with Crippen LogP contribution in [0.4, 0.5) is 5.69 Å². The molecule has 0 saturated heterocycles. The molecule has 9 heteroatoms. The molecule has 0 fully saturated rings. The van der Waals surface area contributed by atoms with E-state index in [1.165, 1.54) is 10.6 Å². The van der Waals surface area contributed by atoms with Gasteiger partial charge in [-0.1, -0.05) is 42.8 Å². The van der Waals surface area contributed by atoms with Gasteiger partial charge in [0.1, 0.15) is 6.04 Å². The molecule has 1 atom stereocenters. The van der Waals surface area contributed by atoms with Crippen LogP contribution in [0, 0.1) is 13.8 Å². The van der Waals surface area contributed by atoms with Crippen molar-refractivity contribution < 1.29 is 18.0 Å². The Labute approximate surface area is 214 Å². The number of halogens is 1. The van der Waals surface area contributed by atoms with Crippen molar-refractivity contribution in [3.63, 3.8) is 0 Å². The summed E-state index contributed by atoms with van der Waals surface area (Å²) in [7, 11) is -3.54. The van der Waals surface area contributed by atoms with Crippen molar-refractivity contribution in [1.82, 2.24) is 10.2 Å². The number of carbonyl (C=O) groups excluding carboxylic acids is 2. The SMILES string of the molecule is CCNC(=O)[C@H](CC)N(Cc1ccc(Cl)cc1)C(=O)CCCN(c1cccc(C)c1C)S(C)(=O)=O. The lowest BCUT2D eigenvalue weighted by Crippen LogP contribution is -2.49. The quantitative estimate of drug-likeness (QED) is 0.447. The van der Waals surface area contributed by atoms with E-state index in [2.05, 4.69) is 5.32 Å². The van der Waals surface area contributed by atoms with Crippen molar-refractivity contribution in [2.45, 2.75) is 59.5 Å². The Balaban J connectivity index is 2.23. The van der Waals surface area contributed by atoms with Crippen molar-refractivity contribution in [2.75, 3.05) is 23.7 Å². The van der Waals surface area contributed by atoms with Gasteiger partial charge in [0.15, 0.2) is 0 Å². The highest BCUT2D eigenvalue weighted by Gasteiger charge is 2.28.